The molecule has 0 saturated heterocycles. The minimum absolute atomic E-state index is 0.0909. The van der Waals surface area contributed by atoms with Crippen molar-refractivity contribution in [3.05, 3.63) is 76.6 Å². The van der Waals surface area contributed by atoms with E-state index in [1.165, 1.54) is 31.2 Å². The van der Waals surface area contributed by atoms with Gasteiger partial charge in [-0.1, -0.05) is 48.0 Å². The summed E-state index contributed by atoms with van der Waals surface area (Å²) in [7, 11) is 0. The zero-order valence-corrected chi connectivity index (χ0v) is 13.1. The molecule has 0 aliphatic carbocycles. The van der Waals surface area contributed by atoms with Crippen molar-refractivity contribution >= 4 is 29.4 Å². The molecule has 1 unspecified atom stereocenters. The van der Waals surface area contributed by atoms with Gasteiger partial charge in [-0.3, -0.25) is 4.79 Å². The van der Waals surface area contributed by atoms with Crippen LogP contribution in [-0.4, -0.2) is 17.9 Å². The van der Waals surface area contributed by atoms with Gasteiger partial charge >= 0.3 is 5.97 Å². The van der Waals surface area contributed by atoms with Gasteiger partial charge < -0.3 is 4.74 Å². The second kappa shape index (κ2) is 7.70. The molecule has 0 heterocycles. The average molecular weight is 333 g/mol. The van der Waals surface area contributed by atoms with E-state index in [2.05, 4.69) is 0 Å². The summed E-state index contributed by atoms with van der Waals surface area (Å²) in [5, 5.41) is 0.183. The van der Waals surface area contributed by atoms with Crippen LogP contribution in [0.25, 0.3) is 6.08 Å². The van der Waals surface area contributed by atoms with Crippen molar-refractivity contribution in [3.8, 4) is 0 Å². The zero-order chi connectivity index (χ0) is 16.8. The SMILES string of the molecule is CC(OC(=O)C=Cc1c(F)cccc1Cl)C(=O)c1ccccc1. The first-order valence-electron chi connectivity index (χ1n) is 6.91. The number of ether oxygens (including phenoxy) is 1. The van der Waals surface area contributed by atoms with Crippen molar-refractivity contribution in [2.45, 2.75) is 13.0 Å². The Morgan fingerprint density at radius 3 is 2.48 bits per heavy atom. The van der Waals surface area contributed by atoms with Gasteiger partial charge in [-0.25, -0.2) is 9.18 Å². The molecule has 0 aliphatic rings. The smallest absolute Gasteiger partial charge is 0.331 e. The average Bonchev–Trinajstić information content (AvgIpc) is 2.54. The largest absolute Gasteiger partial charge is 0.451 e. The van der Waals surface area contributed by atoms with E-state index in [1.807, 2.05) is 0 Å². The molecule has 0 aliphatic heterocycles. The summed E-state index contributed by atoms with van der Waals surface area (Å²) >= 11 is 5.85. The number of rotatable bonds is 5. The molecule has 0 aromatic heterocycles. The molecule has 0 amide bonds. The lowest BCUT2D eigenvalue weighted by atomic mass is 10.1. The van der Waals surface area contributed by atoms with Gasteiger partial charge in [-0.15, -0.1) is 0 Å². The number of esters is 1. The standard InChI is InChI=1S/C18H14ClFO3/c1-12(18(22)13-6-3-2-4-7-13)23-17(21)11-10-14-15(19)8-5-9-16(14)20/h2-12H,1H3. The van der Waals surface area contributed by atoms with E-state index in [4.69, 9.17) is 16.3 Å². The van der Waals surface area contributed by atoms with E-state index in [1.54, 1.807) is 30.3 Å². The van der Waals surface area contributed by atoms with Crippen LogP contribution in [-0.2, 0) is 9.53 Å². The summed E-state index contributed by atoms with van der Waals surface area (Å²) in [6.07, 6.45) is 1.32. The van der Waals surface area contributed by atoms with Gasteiger partial charge in [0, 0.05) is 17.2 Å². The molecule has 2 aromatic rings. The quantitative estimate of drug-likeness (QED) is 0.465. The van der Waals surface area contributed by atoms with Crippen molar-refractivity contribution < 1.29 is 18.7 Å². The Morgan fingerprint density at radius 1 is 1.13 bits per heavy atom. The topological polar surface area (TPSA) is 43.4 Å². The normalized spacial score (nSPS) is 12.1. The minimum atomic E-state index is -0.939. The van der Waals surface area contributed by atoms with Crippen LogP contribution < -0.4 is 0 Å². The monoisotopic (exact) mass is 332 g/mol. The molecule has 0 spiro atoms. The van der Waals surface area contributed by atoms with Crippen molar-refractivity contribution in [2.75, 3.05) is 0 Å². The number of carbonyl (C=O) groups excluding carboxylic acids is 2. The highest BCUT2D eigenvalue weighted by molar-refractivity contribution is 6.32. The van der Waals surface area contributed by atoms with E-state index in [0.717, 1.165) is 6.08 Å². The van der Waals surface area contributed by atoms with Crippen LogP contribution in [0, 0.1) is 5.82 Å². The van der Waals surface area contributed by atoms with E-state index in [0.29, 0.717) is 5.56 Å². The molecule has 5 heteroatoms. The summed E-state index contributed by atoms with van der Waals surface area (Å²) in [6, 6.07) is 12.7. The Balaban J connectivity index is 2.02. The van der Waals surface area contributed by atoms with Crippen molar-refractivity contribution in [2.24, 2.45) is 0 Å². The van der Waals surface area contributed by atoms with E-state index < -0.39 is 17.9 Å². The molecule has 0 radical (unpaired) electrons. The Labute approximate surface area is 138 Å². The maximum atomic E-state index is 13.6. The predicted octanol–water partition coefficient (Wildman–Crippen LogP) is 4.31. The Bertz CT molecular complexity index is 721. The number of halogens is 2. The third-order valence-electron chi connectivity index (χ3n) is 3.11. The van der Waals surface area contributed by atoms with E-state index in [9.17, 15) is 14.0 Å². The summed E-state index contributed by atoms with van der Waals surface area (Å²) in [5.74, 6) is -1.60. The van der Waals surface area contributed by atoms with Gasteiger partial charge in [0.2, 0.25) is 5.78 Å². The fourth-order valence-corrected chi connectivity index (χ4v) is 2.15. The molecule has 2 rings (SSSR count). The summed E-state index contributed by atoms with van der Waals surface area (Å²) < 4.78 is 18.6. The van der Waals surface area contributed by atoms with Gasteiger partial charge in [0.05, 0.1) is 5.02 Å². The third-order valence-corrected chi connectivity index (χ3v) is 3.44. The number of hydrogen-bond donors (Lipinski definition) is 0. The van der Waals surface area contributed by atoms with Gasteiger partial charge in [0.25, 0.3) is 0 Å². The summed E-state index contributed by atoms with van der Waals surface area (Å²) in [5.41, 5.74) is 0.544. The van der Waals surface area contributed by atoms with Crippen molar-refractivity contribution in [1.82, 2.24) is 0 Å². The predicted molar refractivity (Wildman–Crippen MR) is 86.8 cm³/mol. The summed E-state index contributed by atoms with van der Waals surface area (Å²) in [6.45, 7) is 1.48. The van der Waals surface area contributed by atoms with Crippen LogP contribution in [0.15, 0.2) is 54.6 Å². The number of carbonyl (C=O) groups is 2. The first-order valence-corrected chi connectivity index (χ1v) is 7.29. The Hall–Kier alpha value is -2.46. The number of benzene rings is 2. The Kier molecular flexibility index (Phi) is 5.66. The highest BCUT2D eigenvalue weighted by Crippen LogP contribution is 2.20. The first-order chi connectivity index (χ1) is 11.0. The molecule has 23 heavy (non-hydrogen) atoms. The van der Waals surface area contributed by atoms with Crippen LogP contribution in [0.1, 0.15) is 22.8 Å². The molecule has 2 aromatic carbocycles. The lowest BCUT2D eigenvalue weighted by Crippen LogP contribution is -2.23. The van der Waals surface area contributed by atoms with Gasteiger partial charge in [0.15, 0.2) is 6.10 Å². The fraction of sp³-hybridized carbons (Fsp3) is 0.111. The molecular formula is C18H14ClFO3. The van der Waals surface area contributed by atoms with Crippen LogP contribution in [0.4, 0.5) is 4.39 Å². The molecule has 0 N–H and O–H groups in total. The van der Waals surface area contributed by atoms with Gasteiger partial charge in [-0.05, 0) is 25.1 Å². The number of ketones is 1. The van der Waals surface area contributed by atoms with E-state index >= 15 is 0 Å². The molecular weight excluding hydrogens is 319 g/mol. The van der Waals surface area contributed by atoms with Crippen molar-refractivity contribution in [3.63, 3.8) is 0 Å². The van der Waals surface area contributed by atoms with Crippen LogP contribution >= 0.6 is 11.6 Å². The number of Topliss-reactive ketones (excluding diaryl/α,β-unsaturated/α-hetero) is 1. The molecule has 118 valence electrons. The van der Waals surface area contributed by atoms with E-state index in [-0.39, 0.29) is 16.4 Å². The molecule has 3 nitrogen and oxygen atoms in total. The highest BCUT2D eigenvalue weighted by atomic mass is 35.5. The summed E-state index contributed by atoms with van der Waals surface area (Å²) in [4.78, 5) is 23.8. The molecule has 0 bridgehead atoms. The second-order valence-corrected chi connectivity index (χ2v) is 5.19. The maximum absolute atomic E-state index is 13.6. The highest BCUT2D eigenvalue weighted by Gasteiger charge is 2.18. The van der Waals surface area contributed by atoms with Crippen LogP contribution in [0.2, 0.25) is 5.02 Å². The van der Waals surface area contributed by atoms with Gasteiger partial charge in [0.1, 0.15) is 5.82 Å². The Morgan fingerprint density at radius 2 is 1.83 bits per heavy atom. The maximum Gasteiger partial charge on any atom is 0.331 e. The lowest BCUT2D eigenvalue weighted by Gasteiger charge is -2.10. The van der Waals surface area contributed by atoms with Crippen LogP contribution in [0.5, 0.6) is 0 Å². The van der Waals surface area contributed by atoms with Crippen molar-refractivity contribution in [1.29, 1.82) is 0 Å². The zero-order valence-electron chi connectivity index (χ0n) is 12.3. The first kappa shape index (κ1) is 16.9. The van der Waals surface area contributed by atoms with Crippen LogP contribution in [0.3, 0.4) is 0 Å². The fourth-order valence-electron chi connectivity index (χ4n) is 1.93. The molecule has 1 atom stereocenters. The molecule has 0 fully saturated rings. The molecule has 0 saturated carbocycles. The third kappa shape index (κ3) is 4.50. The number of hydrogen-bond acceptors (Lipinski definition) is 3. The van der Waals surface area contributed by atoms with Gasteiger partial charge in [-0.2, -0.15) is 0 Å². The second-order valence-electron chi connectivity index (χ2n) is 4.78. The minimum Gasteiger partial charge on any atom is -0.451 e. The lowest BCUT2D eigenvalue weighted by molar-refractivity contribution is -0.140.